The largest absolute Gasteiger partial charge is 0.481 e. The molecule has 5 heteroatoms. The zero-order chi connectivity index (χ0) is 9.84. The molecule has 1 aromatic rings. The van der Waals surface area contributed by atoms with Gasteiger partial charge in [-0.2, -0.15) is 0 Å². The number of aryl methyl sites for hydroxylation is 1. The highest BCUT2D eigenvalue weighted by Gasteiger charge is 2.22. The van der Waals surface area contributed by atoms with Gasteiger partial charge in [0.05, 0.1) is 5.69 Å². The maximum atomic E-state index is 10.8. The molecule has 72 valence electrons. The van der Waals surface area contributed by atoms with Crippen LogP contribution in [-0.4, -0.2) is 22.8 Å². The molecule has 1 rings (SSSR count). The lowest BCUT2D eigenvalue weighted by atomic mass is 10.0. The lowest BCUT2D eigenvalue weighted by molar-refractivity contribution is -0.139. The summed E-state index contributed by atoms with van der Waals surface area (Å²) in [5.74, 6) is -1.23. The maximum absolute atomic E-state index is 10.8. The van der Waals surface area contributed by atoms with Gasteiger partial charge in [-0.15, -0.1) is 0 Å². The van der Waals surface area contributed by atoms with Crippen molar-refractivity contribution in [3.63, 3.8) is 0 Å². The van der Waals surface area contributed by atoms with E-state index in [0.29, 0.717) is 24.4 Å². The van der Waals surface area contributed by atoms with Crippen LogP contribution in [0, 0.1) is 6.92 Å². The van der Waals surface area contributed by atoms with E-state index in [1.54, 1.807) is 13.0 Å². The minimum atomic E-state index is -0.929. The van der Waals surface area contributed by atoms with Crippen LogP contribution in [0.5, 0.6) is 0 Å². The highest BCUT2D eigenvalue weighted by molar-refractivity contribution is 5.75. The molecule has 1 atom stereocenters. The molecule has 0 fully saturated rings. The molecule has 0 aliphatic heterocycles. The van der Waals surface area contributed by atoms with Crippen LogP contribution in [0.15, 0.2) is 10.6 Å². The highest BCUT2D eigenvalue weighted by Crippen LogP contribution is 2.19. The molecule has 5 nitrogen and oxygen atoms in total. The molecule has 0 saturated heterocycles. The van der Waals surface area contributed by atoms with Crippen molar-refractivity contribution in [2.24, 2.45) is 5.73 Å². The molecule has 1 aromatic heterocycles. The summed E-state index contributed by atoms with van der Waals surface area (Å²) in [5, 5.41) is 12.4. The van der Waals surface area contributed by atoms with Crippen molar-refractivity contribution in [2.75, 3.05) is 6.54 Å². The Balaban J connectivity index is 2.81. The molecule has 0 amide bonds. The van der Waals surface area contributed by atoms with Gasteiger partial charge in [0.15, 0.2) is 5.76 Å². The third-order valence-electron chi connectivity index (χ3n) is 1.74. The van der Waals surface area contributed by atoms with Crippen LogP contribution < -0.4 is 5.73 Å². The van der Waals surface area contributed by atoms with Gasteiger partial charge in [-0.1, -0.05) is 5.16 Å². The summed E-state index contributed by atoms with van der Waals surface area (Å²) in [7, 11) is 0. The predicted octanol–water partition coefficient (Wildman–Crippen LogP) is 0.500. The van der Waals surface area contributed by atoms with Crippen LogP contribution in [-0.2, 0) is 4.79 Å². The van der Waals surface area contributed by atoms with E-state index in [1.807, 2.05) is 0 Å². The van der Waals surface area contributed by atoms with E-state index < -0.39 is 11.9 Å². The smallest absolute Gasteiger partial charge is 0.314 e. The van der Waals surface area contributed by atoms with Gasteiger partial charge >= 0.3 is 5.97 Å². The van der Waals surface area contributed by atoms with Gasteiger partial charge in [0.25, 0.3) is 0 Å². The Morgan fingerprint density at radius 3 is 2.92 bits per heavy atom. The van der Waals surface area contributed by atoms with E-state index in [0.717, 1.165) is 0 Å². The molecule has 0 aliphatic carbocycles. The van der Waals surface area contributed by atoms with Crippen molar-refractivity contribution in [1.82, 2.24) is 5.16 Å². The molecule has 0 aliphatic rings. The number of aromatic nitrogens is 1. The molecule has 3 N–H and O–H groups in total. The fourth-order valence-corrected chi connectivity index (χ4v) is 1.10. The summed E-state index contributed by atoms with van der Waals surface area (Å²) in [6.07, 6.45) is 0.365. The Morgan fingerprint density at radius 1 is 1.85 bits per heavy atom. The third kappa shape index (κ3) is 2.29. The number of nitrogens with two attached hydrogens (primary N) is 1. The minimum Gasteiger partial charge on any atom is -0.481 e. The van der Waals surface area contributed by atoms with Crippen molar-refractivity contribution in [3.8, 4) is 0 Å². The van der Waals surface area contributed by atoms with Crippen molar-refractivity contribution in [1.29, 1.82) is 0 Å². The third-order valence-corrected chi connectivity index (χ3v) is 1.74. The van der Waals surface area contributed by atoms with Gasteiger partial charge in [0.2, 0.25) is 0 Å². The minimum absolute atomic E-state index is 0.316. The highest BCUT2D eigenvalue weighted by atomic mass is 16.5. The number of carbonyl (C=O) groups is 1. The Labute approximate surface area is 75.5 Å². The van der Waals surface area contributed by atoms with E-state index in [1.165, 1.54) is 0 Å². The fraction of sp³-hybridized carbons (Fsp3) is 0.500. The van der Waals surface area contributed by atoms with Crippen molar-refractivity contribution >= 4 is 5.97 Å². The lowest BCUT2D eigenvalue weighted by Crippen LogP contribution is -2.15. The summed E-state index contributed by atoms with van der Waals surface area (Å²) in [5.41, 5.74) is 5.96. The average Bonchev–Trinajstić information content (AvgIpc) is 2.46. The second-order valence-corrected chi connectivity index (χ2v) is 2.84. The number of hydrogen-bond donors (Lipinski definition) is 2. The van der Waals surface area contributed by atoms with E-state index in [-0.39, 0.29) is 0 Å². The van der Waals surface area contributed by atoms with Crippen molar-refractivity contribution < 1.29 is 14.4 Å². The van der Waals surface area contributed by atoms with Crippen molar-refractivity contribution in [2.45, 2.75) is 19.3 Å². The quantitative estimate of drug-likeness (QED) is 0.711. The molecule has 1 unspecified atom stereocenters. The number of nitrogens with zero attached hydrogens (tertiary/aromatic N) is 1. The van der Waals surface area contributed by atoms with Crippen LogP contribution in [0.4, 0.5) is 0 Å². The van der Waals surface area contributed by atoms with Gasteiger partial charge in [0, 0.05) is 6.07 Å². The normalized spacial score (nSPS) is 12.8. The topological polar surface area (TPSA) is 89.4 Å². The molecular weight excluding hydrogens is 172 g/mol. The molecule has 0 saturated carbocycles. The number of rotatable bonds is 4. The average molecular weight is 184 g/mol. The van der Waals surface area contributed by atoms with Gasteiger partial charge in [-0.25, -0.2) is 0 Å². The second-order valence-electron chi connectivity index (χ2n) is 2.84. The van der Waals surface area contributed by atoms with E-state index in [2.05, 4.69) is 5.16 Å². The van der Waals surface area contributed by atoms with E-state index in [4.69, 9.17) is 15.4 Å². The van der Waals surface area contributed by atoms with Crippen LogP contribution in [0.2, 0.25) is 0 Å². The molecule has 0 bridgehead atoms. The first-order valence-corrected chi connectivity index (χ1v) is 4.01. The Kier molecular flexibility index (Phi) is 3.02. The van der Waals surface area contributed by atoms with Crippen LogP contribution in [0.3, 0.4) is 0 Å². The lowest BCUT2D eigenvalue weighted by Gasteiger charge is -2.05. The van der Waals surface area contributed by atoms with Crippen LogP contribution >= 0.6 is 0 Å². The number of aliphatic carboxylic acids is 1. The first kappa shape index (κ1) is 9.73. The summed E-state index contributed by atoms with van der Waals surface area (Å²) < 4.78 is 4.85. The number of carboxylic acid groups (broad SMARTS) is 1. The molecule has 0 spiro atoms. The monoisotopic (exact) mass is 184 g/mol. The summed E-state index contributed by atoms with van der Waals surface area (Å²) >= 11 is 0. The summed E-state index contributed by atoms with van der Waals surface area (Å²) in [4.78, 5) is 10.8. The first-order valence-electron chi connectivity index (χ1n) is 4.01. The van der Waals surface area contributed by atoms with E-state index >= 15 is 0 Å². The second kappa shape index (κ2) is 4.04. The summed E-state index contributed by atoms with van der Waals surface area (Å²) in [6, 6.07) is 1.62. The Hall–Kier alpha value is -1.36. The van der Waals surface area contributed by atoms with Crippen LogP contribution in [0.1, 0.15) is 23.8 Å². The molecular formula is C8H12N2O3. The number of hydrogen-bond acceptors (Lipinski definition) is 4. The first-order chi connectivity index (χ1) is 6.15. The van der Waals surface area contributed by atoms with Crippen molar-refractivity contribution in [3.05, 3.63) is 17.5 Å². The Morgan fingerprint density at radius 2 is 2.54 bits per heavy atom. The molecule has 1 heterocycles. The van der Waals surface area contributed by atoms with Gasteiger partial charge in [-0.3, -0.25) is 4.79 Å². The fourth-order valence-electron chi connectivity index (χ4n) is 1.10. The predicted molar refractivity (Wildman–Crippen MR) is 45.3 cm³/mol. The Bertz CT molecular complexity index is 295. The number of carboxylic acids is 1. The van der Waals surface area contributed by atoms with Gasteiger partial charge < -0.3 is 15.4 Å². The zero-order valence-corrected chi connectivity index (χ0v) is 7.36. The summed E-state index contributed by atoms with van der Waals surface area (Å²) in [6.45, 7) is 2.06. The van der Waals surface area contributed by atoms with Gasteiger partial charge in [-0.05, 0) is 19.9 Å². The molecule has 0 aromatic carbocycles. The molecule has 0 radical (unpaired) electrons. The van der Waals surface area contributed by atoms with E-state index in [9.17, 15) is 4.79 Å². The zero-order valence-electron chi connectivity index (χ0n) is 7.36. The molecule has 13 heavy (non-hydrogen) atoms. The van der Waals surface area contributed by atoms with Gasteiger partial charge in [0.1, 0.15) is 5.92 Å². The standard InChI is InChI=1S/C8H12N2O3/c1-5-4-7(13-10-5)6(2-3-9)8(11)12/h4,6H,2-3,9H2,1H3,(H,11,12). The SMILES string of the molecule is Cc1cc(C(CCN)C(=O)O)on1. The van der Waals surface area contributed by atoms with Crippen LogP contribution in [0.25, 0.3) is 0 Å². The maximum Gasteiger partial charge on any atom is 0.314 e.